The van der Waals surface area contributed by atoms with Gasteiger partial charge in [-0.3, -0.25) is 5.10 Å². The van der Waals surface area contributed by atoms with E-state index in [4.69, 9.17) is 16.2 Å². The molecular formula is C8H14N4O2S. The van der Waals surface area contributed by atoms with E-state index >= 15 is 0 Å². The van der Waals surface area contributed by atoms with Crippen LogP contribution in [0.25, 0.3) is 0 Å². The van der Waals surface area contributed by atoms with E-state index in [9.17, 15) is 4.79 Å². The van der Waals surface area contributed by atoms with Gasteiger partial charge in [0.15, 0.2) is 5.69 Å². The van der Waals surface area contributed by atoms with E-state index in [-0.39, 0.29) is 5.69 Å². The first kappa shape index (κ1) is 15.9. The van der Waals surface area contributed by atoms with Crippen LogP contribution < -0.4 is 5.73 Å². The highest BCUT2D eigenvalue weighted by Gasteiger charge is 2.00. The average Bonchev–Trinajstić information content (AvgIpc) is 2.72. The summed E-state index contributed by atoms with van der Waals surface area (Å²) in [4.78, 5) is 9.98. The summed E-state index contributed by atoms with van der Waals surface area (Å²) in [5.41, 5.74) is 5.07. The summed E-state index contributed by atoms with van der Waals surface area (Å²) in [6.45, 7) is 2.88. The van der Waals surface area contributed by atoms with Crippen LogP contribution in [0, 0.1) is 5.41 Å². The molecular weight excluding hydrogens is 216 g/mol. The smallest absolute Gasteiger partial charge is 0.356 e. The van der Waals surface area contributed by atoms with Crippen molar-refractivity contribution in [3.05, 3.63) is 18.0 Å². The minimum Gasteiger partial charge on any atom is -0.476 e. The van der Waals surface area contributed by atoms with Crippen LogP contribution in [0.2, 0.25) is 0 Å². The van der Waals surface area contributed by atoms with E-state index in [0.717, 1.165) is 13.0 Å². The molecule has 0 bridgehead atoms. The van der Waals surface area contributed by atoms with Crippen molar-refractivity contribution in [2.45, 2.75) is 13.3 Å². The number of carbonyl (C=O) groups is 1. The third-order valence-electron chi connectivity index (χ3n) is 1.01. The summed E-state index contributed by atoms with van der Waals surface area (Å²) < 4.78 is 0. The Kier molecular flexibility index (Phi) is 13.2. The molecule has 0 radical (unpaired) electrons. The van der Waals surface area contributed by atoms with Crippen LogP contribution >= 0.6 is 12.2 Å². The minimum absolute atomic E-state index is 0.0463. The number of nitrogens with two attached hydrogens (primary N) is 1. The van der Waals surface area contributed by atoms with Gasteiger partial charge < -0.3 is 10.8 Å². The number of aromatic carboxylic acids is 1. The van der Waals surface area contributed by atoms with Crippen molar-refractivity contribution in [1.82, 2.24) is 10.2 Å². The standard InChI is InChI=1S/C4H4N2O2.C3H9N.CHNS/c7-4(8)3-1-2-5-6-3;1-2-3-4;2-1-3/h1-2H,(H,5,6)(H,7,8);2-4H2,1H3;2H. The van der Waals surface area contributed by atoms with Crippen molar-refractivity contribution in [2.75, 3.05) is 6.54 Å². The molecule has 15 heavy (non-hydrogen) atoms. The van der Waals surface area contributed by atoms with Crippen molar-refractivity contribution < 1.29 is 9.90 Å². The van der Waals surface area contributed by atoms with Gasteiger partial charge in [-0.05, 0) is 31.2 Å². The molecule has 6 nitrogen and oxygen atoms in total. The Morgan fingerprint density at radius 1 is 1.87 bits per heavy atom. The Hall–Kier alpha value is -1.56. The third kappa shape index (κ3) is 12.4. The normalized spacial score (nSPS) is 7.33. The SMILES string of the molecule is CCCN.N=C=S.O=C(O)c1cc[nH]n1. The molecule has 0 fully saturated rings. The largest absolute Gasteiger partial charge is 0.476 e. The molecule has 1 aromatic rings. The van der Waals surface area contributed by atoms with Crippen molar-refractivity contribution in [3.63, 3.8) is 0 Å². The molecule has 84 valence electrons. The quantitative estimate of drug-likeness (QED) is 0.449. The zero-order chi connectivity index (χ0) is 12.1. The second-order valence-electron chi connectivity index (χ2n) is 2.16. The molecule has 0 saturated heterocycles. The maximum absolute atomic E-state index is 9.98. The van der Waals surface area contributed by atoms with E-state index in [1.165, 1.54) is 12.3 Å². The highest BCUT2D eigenvalue weighted by molar-refractivity contribution is 7.78. The molecule has 0 aliphatic heterocycles. The van der Waals surface area contributed by atoms with Gasteiger partial charge >= 0.3 is 5.97 Å². The Labute approximate surface area is 93.0 Å². The van der Waals surface area contributed by atoms with Crippen LogP contribution in [-0.4, -0.2) is 33.0 Å². The molecule has 1 heterocycles. The molecule has 0 aromatic carbocycles. The predicted octanol–water partition coefficient (Wildman–Crippen LogP) is 1.13. The fourth-order valence-electron chi connectivity index (χ4n) is 0.379. The fourth-order valence-corrected chi connectivity index (χ4v) is 0.379. The van der Waals surface area contributed by atoms with Crippen LogP contribution in [0.4, 0.5) is 0 Å². The van der Waals surface area contributed by atoms with E-state index in [0.29, 0.717) is 0 Å². The number of rotatable bonds is 2. The number of thiocarbonyl (C=S) groups is 1. The first-order chi connectivity index (χ1) is 7.13. The van der Waals surface area contributed by atoms with Crippen molar-refractivity contribution >= 4 is 23.3 Å². The highest BCUT2D eigenvalue weighted by Crippen LogP contribution is 1.87. The number of aromatic nitrogens is 2. The van der Waals surface area contributed by atoms with Gasteiger partial charge in [0.2, 0.25) is 0 Å². The second kappa shape index (κ2) is 12.4. The van der Waals surface area contributed by atoms with E-state index in [1.807, 2.05) is 0 Å². The number of H-pyrrole nitrogens is 1. The van der Waals surface area contributed by atoms with Gasteiger partial charge in [0.1, 0.15) is 0 Å². The average molecular weight is 230 g/mol. The Bertz CT molecular complexity index is 279. The molecule has 7 heteroatoms. The second-order valence-corrected chi connectivity index (χ2v) is 2.36. The lowest BCUT2D eigenvalue weighted by Gasteiger charge is -1.77. The van der Waals surface area contributed by atoms with E-state index < -0.39 is 5.97 Å². The van der Waals surface area contributed by atoms with Gasteiger partial charge in [-0.25, -0.2) is 10.2 Å². The first-order valence-electron chi connectivity index (χ1n) is 4.11. The zero-order valence-corrected chi connectivity index (χ0v) is 9.17. The third-order valence-corrected chi connectivity index (χ3v) is 1.01. The van der Waals surface area contributed by atoms with Gasteiger partial charge in [-0.2, -0.15) is 5.10 Å². The monoisotopic (exact) mass is 230 g/mol. The maximum atomic E-state index is 9.98. The summed E-state index contributed by atoms with van der Waals surface area (Å²) in [7, 11) is 0. The molecule has 0 aliphatic rings. The number of nitrogens with one attached hydrogen (secondary N) is 2. The highest BCUT2D eigenvalue weighted by atomic mass is 32.1. The van der Waals surface area contributed by atoms with E-state index in [1.54, 1.807) is 5.16 Å². The summed E-state index contributed by atoms with van der Waals surface area (Å²) in [5, 5.41) is 21.3. The number of hydrogen-bond donors (Lipinski definition) is 4. The van der Waals surface area contributed by atoms with Crippen molar-refractivity contribution in [3.8, 4) is 0 Å². The Morgan fingerprint density at radius 3 is 2.47 bits per heavy atom. The van der Waals surface area contributed by atoms with Crippen LogP contribution in [-0.2, 0) is 0 Å². The molecule has 0 unspecified atom stereocenters. The van der Waals surface area contributed by atoms with Gasteiger partial charge in [-0.15, -0.1) is 0 Å². The van der Waals surface area contributed by atoms with Gasteiger partial charge in [0.25, 0.3) is 0 Å². The number of carboxylic acid groups (broad SMARTS) is 1. The molecule has 0 spiro atoms. The lowest BCUT2D eigenvalue weighted by Crippen LogP contribution is -1.95. The van der Waals surface area contributed by atoms with Gasteiger partial charge in [0, 0.05) is 6.20 Å². The van der Waals surface area contributed by atoms with Crippen LogP contribution in [0.3, 0.4) is 0 Å². The number of carboxylic acids is 1. The summed E-state index contributed by atoms with van der Waals surface area (Å²) >= 11 is 3.81. The summed E-state index contributed by atoms with van der Waals surface area (Å²) in [6.07, 6.45) is 2.56. The Morgan fingerprint density at radius 2 is 2.33 bits per heavy atom. The minimum atomic E-state index is -1.01. The fraction of sp³-hybridized carbons (Fsp3) is 0.375. The molecule has 5 N–H and O–H groups in total. The molecule has 0 atom stereocenters. The van der Waals surface area contributed by atoms with Crippen LogP contribution in [0.5, 0.6) is 0 Å². The molecule has 0 amide bonds. The lowest BCUT2D eigenvalue weighted by molar-refractivity contribution is 0.0690. The molecule has 0 saturated carbocycles. The number of nitrogens with zero attached hydrogens (tertiary/aromatic N) is 1. The molecule has 1 rings (SSSR count). The zero-order valence-electron chi connectivity index (χ0n) is 8.36. The summed E-state index contributed by atoms with van der Waals surface area (Å²) in [6, 6.07) is 1.39. The Balaban J connectivity index is 0. The van der Waals surface area contributed by atoms with Crippen molar-refractivity contribution in [1.29, 1.82) is 5.41 Å². The topological polar surface area (TPSA) is 116 Å². The maximum Gasteiger partial charge on any atom is 0.356 e. The van der Waals surface area contributed by atoms with Crippen molar-refractivity contribution in [2.24, 2.45) is 5.73 Å². The van der Waals surface area contributed by atoms with Gasteiger partial charge in [0.05, 0.1) is 5.16 Å². The summed E-state index contributed by atoms with van der Waals surface area (Å²) in [5.74, 6) is -1.01. The van der Waals surface area contributed by atoms with E-state index in [2.05, 4.69) is 29.3 Å². The first-order valence-corrected chi connectivity index (χ1v) is 4.51. The van der Waals surface area contributed by atoms with Gasteiger partial charge in [-0.1, -0.05) is 6.92 Å². The molecule has 1 aromatic heterocycles. The van der Waals surface area contributed by atoms with Crippen LogP contribution in [0.1, 0.15) is 23.8 Å². The number of hydrogen-bond acceptors (Lipinski definition) is 5. The molecule has 0 aliphatic carbocycles. The van der Waals surface area contributed by atoms with Crippen LogP contribution in [0.15, 0.2) is 12.3 Å². The number of aromatic amines is 1. The lowest BCUT2D eigenvalue weighted by atomic mass is 10.5. The number of isothiocyanates is 1. The predicted molar refractivity (Wildman–Crippen MR) is 60.2 cm³/mol.